The summed E-state index contributed by atoms with van der Waals surface area (Å²) in [6, 6.07) is 18.9. The van der Waals surface area contributed by atoms with E-state index in [1.807, 2.05) is 42.7 Å². The van der Waals surface area contributed by atoms with E-state index in [9.17, 15) is 4.79 Å². The number of piperidine rings is 1. The van der Waals surface area contributed by atoms with E-state index in [0.29, 0.717) is 12.1 Å². The molecule has 1 aromatic rings. The summed E-state index contributed by atoms with van der Waals surface area (Å²) >= 11 is 0. The van der Waals surface area contributed by atoms with Gasteiger partial charge in [0.05, 0.1) is 6.26 Å². The zero-order valence-electron chi connectivity index (χ0n) is 18.8. The molecule has 1 saturated carbocycles. The summed E-state index contributed by atoms with van der Waals surface area (Å²) in [5.74, 6) is 1.81. The van der Waals surface area contributed by atoms with E-state index in [4.69, 9.17) is 4.42 Å². The molecule has 1 amide bonds. The van der Waals surface area contributed by atoms with Gasteiger partial charge >= 0.3 is 0 Å². The third-order valence-corrected chi connectivity index (χ3v) is 7.49. The van der Waals surface area contributed by atoms with E-state index in [0.717, 1.165) is 36.6 Å². The molecule has 4 nitrogen and oxygen atoms in total. The van der Waals surface area contributed by atoms with Crippen molar-refractivity contribution < 1.29 is 9.21 Å². The molecule has 0 aromatic heterocycles. The fourth-order valence-electron chi connectivity index (χ4n) is 5.60. The van der Waals surface area contributed by atoms with Crippen LogP contribution in [0.3, 0.4) is 0 Å². The van der Waals surface area contributed by atoms with Gasteiger partial charge in [-0.15, -0.1) is 0 Å². The summed E-state index contributed by atoms with van der Waals surface area (Å²) in [4.78, 5) is 15.1. The number of benzene rings is 1. The Labute approximate surface area is 191 Å². The fraction of sp³-hybridized carbons (Fsp3) is 0.464. The van der Waals surface area contributed by atoms with Crippen molar-refractivity contribution in [2.75, 3.05) is 13.1 Å². The SMILES string of the molecule is O=C(NC1CCC(CCN2CCCCC2c2coc3cccc-3c2)CC1)c1ccccc1. The highest BCUT2D eigenvalue weighted by Crippen LogP contribution is 2.36. The van der Waals surface area contributed by atoms with Crippen molar-refractivity contribution in [2.24, 2.45) is 5.92 Å². The molecule has 4 aliphatic rings. The van der Waals surface area contributed by atoms with Crippen LogP contribution >= 0.6 is 0 Å². The molecule has 1 N–H and O–H groups in total. The monoisotopic (exact) mass is 430 g/mol. The second-order valence-corrected chi connectivity index (χ2v) is 9.62. The van der Waals surface area contributed by atoms with Crippen LogP contribution in [0.25, 0.3) is 11.3 Å². The lowest BCUT2D eigenvalue weighted by molar-refractivity contribution is 0.0915. The van der Waals surface area contributed by atoms with Gasteiger partial charge in [-0.2, -0.15) is 0 Å². The van der Waals surface area contributed by atoms with Gasteiger partial charge in [0.2, 0.25) is 0 Å². The highest BCUT2D eigenvalue weighted by molar-refractivity contribution is 5.94. The van der Waals surface area contributed by atoms with Crippen molar-refractivity contribution in [2.45, 2.75) is 63.5 Å². The third-order valence-electron chi connectivity index (χ3n) is 7.49. The topological polar surface area (TPSA) is 45.5 Å². The molecule has 1 aromatic carbocycles. The highest BCUT2D eigenvalue weighted by Gasteiger charge is 2.28. The van der Waals surface area contributed by atoms with Crippen molar-refractivity contribution >= 4 is 5.91 Å². The van der Waals surface area contributed by atoms with Crippen LogP contribution in [0.4, 0.5) is 0 Å². The van der Waals surface area contributed by atoms with E-state index in [-0.39, 0.29) is 5.91 Å². The van der Waals surface area contributed by atoms with Crippen LogP contribution in [0.1, 0.15) is 73.3 Å². The third kappa shape index (κ3) is 4.91. The average Bonchev–Trinajstić information content (AvgIpc) is 3.32. The molecule has 0 radical (unpaired) electrons. The lowest BCUT2D eigenvalue weighted by atomic mass is 9.83. The summed E-state index contributed by atoms with van der Waals surface area (Å²) < 4.78 is 5.89. The second kappa shape index (κ2) is 9.91. The predicted molar refractivity (Wildman–Crippen MR) is 128 cm³/mol. The number of fused-ring (bicyclic) bond motifs is 1. The van der Waals surface area contributed by atoms with Crippen LogP contribution < -0.4 is 5.32 Å². The van der Waals surface area contributed by atoms with Crippen molar-refractivity contribution in [3.8, 4) is 11.3 Å². The molecule has 1 unspecified atom stereocenters. The maximum Gasteiger partial charge on any atom is 0.251 e. The molecular weight excluding hydrogens is 396 g/mol. The van der Waals surface area contributed by atoms with Gasteiger partial charge in [0.15, 0.2) is 0 Å². The van der Waals surface area contributed by atoms with Crippen LogP contribution in [0.2, 0.25) is 0 Å². The first kappa shape index (κ1) is 21.3. The Morgan fingerprint density at radius 3 is 2.66 bits per heavy atom. The van der Waals surface area contributed by atoms with Crippen LogP contribution in [-0.2, 0) is 0 Å². The molecule has 2 fully saturated rings. The lowest BCUT2D eigenvalue weighted by Gasteiger charge is -2.37. The summed E-state index contributed by atoms with van der Waals surface area (Å²) in [5.41, 5.74) is 3.30. The zero-order chi connectivity index (χ0) is 21.8. The number of likely N-dealkylation sites (tertiary alicyclic amines) is 1. The molecule has 2 heterocycles. The molecule has 5 rings (SSSR count). The average molecular weight is 431 g/mol. The van der Waals surface area contributed by atoms with Gasteiger partial charge < -0.3 is 9.73 Å². The molecule has 2 aliphatic carbocycles. The van der Waals surface area contributed by atoms with Gasteiger partial charge in [0.25, 0.3) is 5.91 Å². The van der Waals surface area contributed by atoms with Crippen molar-refractivity contribution in [3.05, 3.63) is 72.0 Å². The minimum absolute atomic E-state index is 0.0671. The molecule has 1 atom stereocenters. The second-order valence-electron chi connectivity index (χ2n) is 9.62. The predicted octanol–water partition coefficient (Wildman–Crippen LogP) is 6.29. The summed E-state index contributed by atoms with van der Waals surface area (Å²) in [6.45, 7) is 2.35. The molecule has 168 valence electrons. The van der Waals surface area contributed by atoms with Gasteiger partial charge in [-0.3, -0.25) is 9.69 Å². The Balaban J connectivity index is 1.12. The molecule has 32 heavy (non-hydrogen) atoms. The van der Waals surface area contributed by atoms with Crippen molar-refractivity contribution in [1.82, 2.24) is 10.2 Å². The standard InChI is InChI=1S/C28H34N2O2/c31-28(22-7-2-1-3-8-22)29-25-14-12-21(13-15-25)16-18-30-17-5-4-10-26(30)24-19-23-9-6-11-27(23)32-20-24/h1-3,6-9,11,19-21,25-26H,4-5,10,12-18H2,(H,29,31). The maximum atomic E-state index is 12.4. The minimum atomic E-state index is 0.0671. The molecule has 2 aliphatic heterocycles. The maximum absolute atomic E-state index is 12.4. The molecule has 1 saturated heterocycles. The molecule has 4 heteroatoms. The normalized spacial score (nSPS) is 24.4. The van der Waals surface area contributed by atoms with Gasteiger partial charge in [0.1, 0.15) is 5.76 Å². The summed E-state index contributed by atoms with van der Waals surface area (Å²) in [6.07, 6.45) is 11.7. The first-order valence-corrected chi connectivity index (χ1v) is 12.3. The number of carbonyl (C=O) groups is 1. The van der Waals surface area contributed by atoms with Gasteiger partial charge in [-0.05, 0) is 88.2 Å². The van der Waals surface area contributed by atoms with Gasteiger partial charge in [-0.25, -0.2) is 0 Å². The van der Waals surface area contributed by atoms with E-state index < -0.39 is 0 Å². The van der Waals surface area contributed by atoms with Crippen LogP contribution in [0.15, 0.2) is 65.3 Å². The quantitative estimate of drug-likeness (QED) is 0.500. The Hall–Kier alpha value is -2.59. The minimum Gasteiger partial charge on any atom is -0.464 e. The molecule has 0 spiro atoms. The number of carbonyl (C=O) groups excluding carboxylic acids is 1. The van der Waals surface area contributed by atoms with Gasteiger partial charge in [-0.1, -0.05) is 36.8 Å². The first-order valence-electron chi connectivity index (χ1n) is 12.3. The van der Waals surface area contributed by atoms with Crippen molar-refractivity contribution in [1.29, 1.82) is 0 Å². The van der Waals surface area contributed by atoms with Crippen LogP contribution in [0, 0.1) is 5.92 Å². The molecular formula is C28H34N2O2. The van der Waals surface area contributed by atoms with E-state index in [1.165, 1.54) is 56.2 Å². The number of nitrogens with one attached hydrogen (secondary N) is 1. The van der Waals surface area contributed by atoms with Gasteiger partial charge in [0, 0.05) is 28.8 Å². The Morgan fingerprint density at radius 2 is 1.81 bits per heavy atom. The Bertz CT molecular complexity index is 974. The zero-order valence-corrected chi connectivity index (χ0v) is 18.8. The summed E-state index contributed by atoms with van der Waals surface area (Å²) in [5, 5.41) is 3.24. The number of nitrogens with zero attached hydrogens (tertiary/aromatic N) is 1. The van der Waals surface area contributed by atoms with E-state index in [2.05, 4.69) is 28.4 Å². The molecule has 0 bridgehead atoms. The summed E-state index contributed by atoms with van der Waals surface area (Å²) in [7, 11) is 0. The number of rotatable bonds is 6. The number of amides is 1. The largest absolute Gasteiger partial charge is 0.464 e. The smallest absolute Gasteiger partial charge is 0.251 e. The first-order chi connectivity index (χ1) is 15.8. The van der Waals surface area contributed by atoms with Crippen molar-refractivity contribution in [3.63, 3.8) is 0 Å². The highest BCUT2D eigenvalue weighted by atomic mass is 16.3. The van der Waals surface area contributed by atoms with E-state index in [1.54, 1.807) is 0 Å². The fourth-order valence-corrected chi connectivity index (χ4v) is 5.60. The van der Waals surface area contributed by atoms with Crippen LogP contribution in [0.5, 0.6) is 0 Å². The Kier molecular flexibility index (Phi) is 6.59. The number of hydrogen-bond acceptors (Lipinski definition) is 3. The number of hydrogen-bond donors (Lipinski definition) is 1. The Morgan fingerprint density at radius 1 is 0.969 bits per heavy atom. The lowest BCUT2D eigenvalue weighted by Crippen LogP contribution is -2.39. The van der Waals surface area contributed by atoms with Crippen LogP contribution in [-0.4, -0.2) is 29.9 Å². The van der Waals surface area contributed by atoms with E-state index >= 15 is 0 Å².